The molecule has 0 amide bonds. The van der Waals surface area contributed by atoms with Crippen molar-refractivity contribution in [2.24, 2.45) is 5.73 Å². The Hall–Kier alpha value is -3.01. The first-order valence-corrected chi connectivity index (χ1v) is 7.08. The third-order valence-corrected chi connectivity index (χ3v) is 3.20. The number of carboxylic acids is 1. The fraction of sp³-hybridized carbons (Fsp3) is 0.188. The number of non-ortho nitro benzene ring substituents is 1. The molecule has 0 saturated heterocycles. The molecule has 25 heavy (non-hydrogen) atoms. The van der Waals surface area contributed by atoms with E-state index in [4.69, 9.17) is 21.1 Å². The molecule has 0 aliphatic rings. The third-order valence-electron chi connectivity index (χ3n) is 3.20. The van der Waals surface area contributed by atoms with E-state index in [1.165, 1.54) is 36.4 Å². The number of aromatic carboxylic acids is 1. The molecule has 6 N–H and O–H groups in total. The van der Waals surface area contributed by atoms with Crippen LogP contribution in [0.4, 0.5) is 5.69 Å². The topological polar surface area (TPSA) is 167 Å². The van der Waals surface area contributed by atoms with Gasteiger partial charge in [0.05, 0.1) is 23.7 Å². The molecule has 0 aliphatic heterocycles. The van der Waals surface area contributed by atoms with Crippen molar-refractivity contribution in [3.05, 3.63) is 69.8 Å². The number of hydrogen-bond donors (Lipinski definition) is 5. The van der Waals surface area contributed by atoms with Crippen molar-refractivity contribution in [1.82, 2.24) is 0 Å². The number of nitrogens with zero attached hydrogens (tertiary/aromatic N) is 1. The van der Waals surface area contributed by atoms with Gasteiger partial charge in [-0.2, -0.15) is 0 Å². The Morgan fingerprint density at radius 1 is 1.16 bits per heavy atom. The summed E-state index contributed by atoms with van der Waals surface area (Å²) in [6.07, 6.45) is -1.02. The van der Waals surface area contributed by atoms with E-state index in [1.54, 1.807) is 12.1 Å². The summed E-state index contributed by atoms with van der Waals surface area (Å²) in [7, 11) is 0. The zero-order chi connectivity index (χ0) is 19.0. The van der Waals surface area contributed by atoms with E-state index in [9.17, 15) is 20.0 Å². The predicted molar refractivity (Wildman–Crippen MR) is 88.2 cm³/mol. The van der Waals surface area contributed by atoms with E-state index >= 15 is 0 Å². The average Bonchev–Trinajstić information content (AvgIpc) is 2.61. The molecule has 0 heterocycles. The lowest BCUT2D eigenvalue weighted by atomic mass is 10.0. The molecular formula is C16H18N2O7. The van der Waals surface area contributed by atoms with Crippen molar-refractivity contribution in [3.63, 3.8) is 0 Å². The highest BCUT2D eigenvalue weighted by Gasteiger charge is 2.16. The van der Waals surface area contributed by atoms with Crippen LogP contribution >= 0.6 is 0 Å². The molecule has 9 nitrogen and oxygen atoms in total. The van der Waals surface area contributed by atoms with Gasteiger partial charge in [0, 0.05) is 12.1 Å². The van der Waals surface area contributed by atoms with Gasteiger partial charge in [-0.1, -0.05) is 12.1 Å². The van der Waals surface area contributed by atoms with Gasteiger partial charge in [0.2, 0.25) is 0 Å². The summed E-state index contributed by atoms with van der Waals surface area (Å²) < 4.78 is 0. The van der Waals surface area contributed by atoms with E-state index in [2.05, 4.69) is 0 Å². The Labute approximate surface area is 142 Å². The van der Waals surface area contributed by atoms with Gasteiger partial charge < -0.3 is 26.2 Å². The number of carboxylic acid groups (broad SMARTS) is 1. The lowest BCUT2D eigenvalue weighted by molar-refractivity contribution is -0.384. The second kappa shape index (κ2) is 9.33. The van der Waals surface area contributed by atoms with Gasteiger partial charge in [-0.3, -0.25) is 10.1 Å². The van der Waals surface area contributed by atoms with Crippen LogP contribution in [0.3, 0.4) is 0 Å². The first-order chi connectivity index (χ1) is 11.8. The zero-order valence-electron chi connectivity index (χ0n) is 13.0. The molecule has 2 unspecified atom stereocenters. The van der Waals surface area contributed by atoms with Crippen molar-refractivity contribution in [2.45, 2.75) is 12.1 Å². The first-order valence-electron chi connectivity index (χ1n) is 7.08. The number of nitro groups is 1. The summed E-state index contributed by atoms with van der Waals surface area (Å²) in [5, 5.41) is 45.9. The van der Waals surface area contributed by atoms with E-state index in [0.717, 1.165) is 0 Å². The minimum absolute atomic E-state index is 0.0523. The van der Waals surface area contributed by atoms with Crippen LogP contribution < -0.4 is 5.73 Å². The number of aromatic hydroxyl groups is 1. The summed E-state index contributed by atoms with van der Waals surface area (Å²) in [5.41, 5.74) is 5.74. The average molecular weight is 350 g/mol. The normalized spacial score (nSPS) is 12.4. The number of aliphatic hydroxyl groups excluding tert-OH is 2. The molecule has 9 heteroatoms. The lowest BCUT2D eigenvalue weighted by Crippen LogP contribution is -2.31. The molecule has 2 atom stereocenters. The highest BCUT2D eigenvalue weighted by atomic mass is 16.6. The molecule has 0 fully saturated rings. The van der Waals surface area contributed by atoms with Crippen LogP contribution in [0, 0.1) is 10.1 Å². The molecule has 2 rings (SSSR count). The number of nitro benzene ring substituents is 1. The molecule has 134 valence electrons. The Bertz CT molecular complexity index is 719. The van der Waals surface area contributed by atoms with E-state index in [0.29, 0.717) is 5.56 Å². The summed E-state index contributed by atoms with van der Waals surface area (Å²) >= 11 is 0. The van der Waals surface area contributed by atoms with Crippen molar-refractivity contribution in [3.8, 4) is 5.75 Å². The quantitative estimate of drug-likeness (QED) is 0.394. The Balaban J connectivity index is 0.000000271. The lowest BCUT2D eigenvalue weighted by Gasteiger charge is -2.16. The highest BCUT2D eigenvalue weighted by Crippen LogP contribution is 2.19. The van der Waals surface area contributed by atoms with E-state index in [-0.39, 0.29) is 23.6 Å². The van der Waals surface area contributed by atoms with E-state index < -0.39 is 23.0 Å². The smallest absolute Gasteiger partial charge is 0.339 e. The minimum atomic E-state index is -1.11. The molecule has 0 radical (unpaired) electrons. The van der Waals surface area contributed by atoms with Crippen molar-refractivity contribution in [2.75, 3.05) is 6.61 Å². The van der Waals surface area contributed by atoms with Gasteiger partial charge in [0.25, 0.3) is 5.69 Å². The maximum Gasteiger partial charge on any atom is 0.339 e. The van der Waals surface area contributed by atoms with Crippen LogP contribution in [0.5, 0.6) is 5.75 Å². The van der Waals surface area contributed by atoms with Crippen LogP contribution in [0.15, 0.2) is 48.5 Å². The van der Waals surface area contributed by atoms with Crippen molar-refractivity contribution in [1.29, 1.82) is 0 Å². The summed E-state index contributed by atoms with van der Waals surface area (Å²) in [5.74, 6) is -1.31. The van der Waals surface area contributed by atoms with Gasteiger partial charge >= 0.3 is 5.97 Å². The van der Waals surface area contributed by atoms with Crippen LogP contribution in [0.1, 0.15) is 22.0 Å². The highest BCUT2D eigenvalue weighted by molar-refractivity contribution is 5.90. The summed E-state index contributed by atoms with van der Waals surface area (Å²) in [4.78, 5) is 20.1. The number of hydrogen-bond acceptors (Lipinski definition) is 7. The van der Waals surface area contributed by atoms with Crippen LogP contribution in [-0.4, -0.2) is 44.0 Å². The fourth-order valence-electron chi connectivity index (χ4n) is 1.79. The number of rotatable bonds is 5. The van der Waals surface area contributed by atoms with Crippen LogP contribution in [-0.2, 0) is 0 Å². The molecule has 0 saturated carbocycles. The molecule has 2 aromatic rings. The predicted octanol–water partition coefficient (Wildman–Crippen LogP) is 1.04. The molecule has 0 aliphatic carbocycles. The van der Waals surface area contributed by atoms with Gasteiger partial charge in [-0.25, -0.2) is 4.79 Å². The second-order valence-corrected chi connectivity index (χ2v) is 4.96. The molecule has 0 spiro atoms. The fourth-order valence-corrected chi connectivity index (χ4v) is 1.79. The summed E-state index contributed by atoms with van der Waals surface area (Å²) in [6, 6.07) is 10.4. The Kier molecular flexibility index (Phi) is 7.47. The SMILES string of the molecule is NC(CO)C(O)c1ccc([N+](=O)[O-])cc1.O=C(O)c1ccccc1O. The number of phenols is 1. The molecule has 0 aromatic heterocycles. The van der Waals surface area contributed by atoms with Crippen LogP contribution in [0.2, 0.25) is 0 Å². The largest absolute Gasteiger partial charge is 0.507 e. The minimum Gasteiger partial charge on any atom is -0.507 e. The first kappa shape index (κ1) is 20.0. The Morgan fingerprint density at radius 3 is 2.12 bits per heavy atom. The van der Waals surface area contributed by atoms with E-state index in [1.807, 2.05) is 0 Å². The maximum absolute atomic E-state index is 10.4. The number of aliphatic hydroxyl groups is 2. The maximum atomic E-state index is 10.4. The second-order valence-electron chi connectivity index (χ2n) is 4.96. The van der Waals surface area contributed by atoms with Gasteiger partial charge in [0.1, 0.15) is 11.3 Å². The number of carbonyl (C=O) groups is 1. The third kappa shape index (κ3) is 5.84. The van der Waals surface area contributed by atoms with Gasteiger partial charge in [0.15, 0.2) is 0 Å². The molecular weight excluding hydrogens is 332 g/mol. The van der Waals surface area contributed by atoms with Crippen molar-refractivity contribution < 1.29 is 30.1 Å². The van der Waals surface area contributed by atoms with Gasteiger partial charge in [-0.05, 0) is 29.8 Å². The molecule has 0 bridgehead atoms. The standard InChI is InChI=1S/C9H12N2O4.C7H6O3/c10-8(5-12)9(13)6-1-3-7(4-2-6)11(14)15;8-6-4-2-1-3-5(6)7(9)10/h1-4,8-9,12-13H,5,10H2;1-4,8H,(H,9,10). The van der Waals surface area contributed by atoms with Gasteiger partial charge in [-0.15, -0.1) is 0 Å². The molecule has 2 aromatic carbocycles. The van der Waals surface area contributed by atoms with Crippen molar-refractivity contribution >= 4 is 11.7 Å². The zero-order valence-corrected chi connectivity index (χ0v) is 13.0. The monoisotopic (exact) mass is 350 g/mol. The summed E-state index contributed by atoms with van der Waals surface area (Å²) in [6.45, 7) is -0.349. The Morgan fingerprint density at radius 2 is 1.72 bits per heavy atom. The number of nitrogens with two attached hydrogens (primary N) is 1. The number of para-hydroxylation sites is 1. The van der Waals surface area contributed by atoms with Crippen LogP contribution in [0.25, 0.3) is 0 Å². The number of benzene rings is 2.